The highest BCUT2D eigenvalue weighted by Gasteiger charge is 2.17. The van der Waals surface area contributed by atoms with Gasteiger partial charge in [0, 0.05) is 6.54 Å². The lowest BCUT2D eigenvalue weighted by Gasteiger charge is -2.20. The van der Waals surface area contributed by atoms with Crippen molar-refractivity contribution in [3.05, 3.63) is 71.8 Å². The maximum absolute atomic E-state index is 12.2. The van der Waals surface area contributed by atoms with Crippen LogP contribution in [0.5, 0.6) is 0 Å². The Morgan fingerprint density at radius 3 is 1.92 bits per heavy atom. The second-order valence-corrected chi connectivity index (χ2v) is 5.82. The second-order valence-electron chi connectivity index (χ2n) is 5.82. The third-order valence-electron chi connectivity index (χ3n) is 3.85. The minimum atomic E-state index is -0.554. The van der Waals surface area contributed by atoms with Gasteiger partial charge in [-0.1, -0.05) is 60.7 Å². The Balaban J connectivity index is 2.01. The van der Waals surface area contributed by atoms with Crippen LogP contribution in [0.2, 0.25) is 0 Å². The van der Waals surface area contributed by atoms with Crippen LogP contribution in [0.15, 0.2) is 60.7 Å². The molecular weight excluding hydrogens is 314 g/mol. The van der Waals surface area contributed by atoms with Gasteiger partial charge in [0.25, 0.3) is 0 Å². The maximum atomic E-state index is 12.2. The van der Waals surface area contributed by atoms with Crippen molar-refractivity contribution in [2.45, 2.75) is 25.9 Å². The Labute approximate surface area is 148 Å². The van der Waals surface area contributed by atoms with Gasteiger partial charge in [-0.2, -0.15) is 0 Å². The van der Waals surface area contributed by atoms with Crippen molar-refractivity contribution in [2.75, 3.05) is 13.1 Å². The Morgan fingerprint density at radius 2 is 1.44 bits per heavy atom. The molecule has 2 amide bonds. The van der Waals surface area contributed by atoms with Gasteiger partial charge in [0.15, 0.2) is 0 Å². The molecule has 5 nitrogen and oxygen atoms in total. The van der Waals surface area contributed by atoms with E-state index in [-0.39, 0.29) is 24.4 Å². The molecule has 0 unspecified atom stereocenters. The molecule has 0 aromatic heterocycles. The molecular formula is C20H25N3O2. The van der Waals surface area contributed by atoms with Gasteiger partial charge in [0.1, 0.15) is 6.04 Å². The van der Waals surface area contributed by atoms with Crippen molar-refractivity contribution in [3.8, 4) is 0 Å². The summed E-state index contributed by atoms with van der Waals surface area (Å²) in [6.45, 7) is 4.19. The lowest BCUT2D eigenvalue weighted by Crippen LogP contribution is -2.47. The molecule has 5 heteroatoms. The van der Waals surface area contributed by atoms with E-state index in [1.54, 1.807) is 6.92 Å². The number of hydrogen-bond donors (Lipinski definition) is 3. The van der Waals surface area contributed by atoms with Gasteiger partial charge < -0.3 is 10.6 Å². The topological polar surface area (TPSA) is 70.2 Å². The monoisotopic (exact) mass is 339 g/mol. The number of likely N-dealkylation sites (N-methyl/N-ethyl adjacent to an activating group) is 1. The first-order chi connectivity index (χ1) is 12.1. The van der Waals surface area contributed by atoms with Crippen LogP contribution < -0.4 is 16.0 Å². The molecule has 2 aromatic rings. The fourth-order valence-electron chi connectivity index (χ4n) is 2.60. The largest absolute Gasteiger partial charge is 0.355 e. The molecule has 0 aliphatic rings. The minimum absolute atomic E-state index is 0.0899. The third-order valence-corrected chi connectivity index (χ3v) is 3.85. The first-order valence-electron chi connectivity index (χ1n) is 8.52. The quantitative estimate of drug-likeness (QED) is 0.689. The van der Waals surface area contributed by atoms with Crippen LogP contribution in [0.4, 0.5) is 0 Å². The Bertz CT molecular complexity index is 634. The SMILES string of the molecule is CCNC(=O)[C@@H](C)NC(=O)CNC(c1ccccc1)c1ccccc1. The summed E-state index contributed by atoms with van der Waals surface area (Å²) in [6.07, 6.45) is 0. The molecule has 132 valence electrons. The molecule has 0 bridgehead atoms. The number of rotatable bonds is 8. The van der Waals surface area contributed by atoms with Crippen LogP contribution in [0, 0.1) is 0 Å². The molecule has 0 heterocycles. The van der Waals surface area contributed by atoms with Gasteiger partial charge in [0.05, 0.1) is 12.6 Å². The third kappa shape index (κ3) is 5.72. The van der Waals surface area contributed by atoms with Gasteiger partial charge in [-0.05, 0) is 25.0 Å². The van der Waals surface area contributed by atoms with Crippen molar-refractivity contribution in [3.63, 3.8) is 0 Å². The van der Waals surface area contributed by atoms with Gasteiger partial charge in [-0.3, -0.25) is 14.9 Å². The smallest absolute Gasteiger partial charge is 0.242 e. The van der Waals surface area contributed by atoms with Crippen LogP contribution in [-0.2, 0) is 9.59 Å². The van der Waals surface area contributed by atoms with Crippen LogP contribution in [0.1, 0.15) is 31.0 Å². The van der Waals surface area contributed by atoms with E-state index in [0.717, 1.165) is 11.1 Å². The summed E-state index contributed by atoms with van der Waals surface area (Å²) in [7, 11) is 0. The van der Waals surface area contributed by atoms with Crippen LogP contribution >= 0.6 is 0 Å². The predicted octanol–water partition coefficient (Wildman–Crippen LogP) is 2.01. The number of carbonyl (C=O) groups is 2. The van der Waals surface area contributed by atoms with E-state index in [1.807, 2.05) is 67.6 Å². The molecule has 0 aliphatic carbocycles. The van der Waals surface area contributed by atoms with Crippen molar-refractivity contribution >= 4 is 11.8 Å². The molecule has 0 radical (unpaired) electrons. The van der Waals surface area contributed by atoms with Gasteiger partial charge in [-0.15, -0.1) is 0 Å². The standard InChI is InChI=1S/C20H25N3O2/c1-3-21-20(25)15(2)23-18(24)14-22-19(16-10-6-4-7-11-16)17-12-8-5-9-13-17/h4-13,15,19,22H,3,14H2,1-2H3,(H,21,25)(H,23,24)/t15-/m1/s1. The molecule has 2 rings (SSSR count). The van der Waals surface area contributed by atoms with E-state index in [4.69, 9.17) is 0 Å². The van der Waals surface area contributed by atoms with Crippen molar-refractivity contribution in [2.24, 2.45) is 0 Å². The lowest BCUT2D eigenvalue weighted by atomic mass is 9.99. The Morgan fingerprint density at radius 1 is 0.920 bits per heavy atom. The fourth-order valence-corrected chi connectivity index (χ4v) is 2.60. The molecule has 0 fully saturated rings. The highest BCUT2D eigenvalue weighted by molar-refractivity contribution is 5.87. The lowest BCUT2D eigenvalue weighted by molar-refractivity contribution is -0.128. The summed E-state index contributed by atoms with van der Waals surface area (Å²) in [5.74, 6) is -0.394. The highest BCUT2D eigenvalue weighted by Crippen LogP contribution is 2.21. The zero-order valence-corrected chi connectivity index (χ0v) is 14.7. The normalized spacial score (nSPS) is 11.8. The van der Waals surface area contributed by atoms with Gasteiger partial charge >= 0.3 is 0 Å². The van der Waals surface area contributed by atoms with E-state index in [0.29, 0.717) is 6.54 Å². The van der Waals surface area contributed by atoms with Crippen molar-refractivity contribution < 1.29 is 9.59 Å². The second kappa shape index (κ2) is 9.59. The minimum Gasteiger partial charge on any atom is -0.355 e. The van der Waals surface area contributed by atoms with E-state index >= 15 is 0 Å². The van der Waals surface area contributed by atoms with Gasteiger partial charge in [-0.25, -0.2) is 0 Å². The summed E-state index contributed by atoms with van der Waals surface area (Å²) >= 11 is 0. The Hall–Kier alpha value is -2.66. The van der Waals surface area contributed by atoms with E-state index in [2.05, 4.69) is 16.0 Å². The number of amides is 2. The molecule has 25 heavy (non-hydrogen) atoms. The van der Waals surface area contributed by atoms with Crippen LogP contribution in [0.3, 0.4) is 0 Å². The molecule has 2 aromatic carbocycles. The maximum Gasteiger partial charge on any atom is 0.242 e. The van der Waals surface area contributed by atoms with Crippen LogP contribution in [0.25, 0.3) is 0 Å². The number of nitrogens with one attached hydrogen (secondary N) is 3. The van der Waals surface area contributed by atoms with E-state index < -0.39 is 6.04 Å². The first-order valence-corrected chi connectivity index (χ1v) is 8.52. The number of carbonyl (C=O) groups excluding carboxylic acids is 2. The highest BCUT2D eigenvalue weighted by atomic mass is 16.2. The fraction of sp³-hybridized carbons (Fsp3) is 0.300. The van der Waals surface area contributed by atoms with Gasteiger partial charge in [0.2, 0.25) is 11.8 Å². The van der Waals surface area contributed by atoms with Crippen molar-refractivity contribution in [1.29, 1.82) is 0 Å². The molecule has 0 saturated heterocycles. The molecule has 0 spiro atoms. The zero-order valence-electron chi connectivity index (χ0n) is 14.7. The summed E-state index contributed by atoms with van der Waals surface area (Å²) in [4.78, 5) is 23.9. The van der Waals surface area contributed by atoms with E-state index in [1.165, 1.54) is 0 Å². The molecule has 0 aliphatic heterocycles. The molecule has 0 saturated carbocycles. The first kappa shape index (κ1) is 18.7. The summed E-state index contributed by atoms with van der Waals surface area (Å²) in [5, 5.41) is 8.69. The average Bonchev–Trinajstić information content (AvgIpc) is 2.64. The van der Waals surface area contributed by atoms with Crippen molar-refractivity contribution in [1.82, 2.24) is 16.0 Å². The summed E-state index contributed by atoms with van der Waals surface area (Å²) in [6, 6.07) is 19.3. The zero-order chi connectivity index (χ0) is 18.1. The molecule has 1 atom stereocenters. The Kier molecular flexibility index (Phi) is 7.16. The average molecular weight is 339 g/mol. The number of benzene rings is 2. The van der Waals surface area contributed by atoms with Crippen LogP contribution in [-0.4, -0.2) is 30.9 Å². The summed E-state index contributed by atoms with van der Waals surface area (Å²) in [5.41, 5.74) is 2.16. The predicted molar refractivity (Wildman–Crippen MR) is 99.0 cm³/mol. The number of hydrogen-bond acceptors (Lipinski definition) is 3. The molecule has 3 N–H and O–H groups in total. The van der Waals surface area contributed by atoms with E-state index in [9.17, 15) is 9.59 Å². The summed E-state index contributed by atoms with van der Waals surface area (Å²) < 4.78 is 0.